The van der Waals surface area contributed by atoms with Gasteiger partial charge < -0.3 is 9.84 Å². The van der Waals surface area contributed by atoms with E-state index in [0.717, 1.165) is 7.11 Å². The van der Waals surface area contributed by atoms with Gasteiger partial charge in [0.1, 0.15) is 5.69 Å². The van der Waals surface area contributed by atoms with Gasteiger partial charge in [-0.1, -0.05) is 0 Å². The molecule has 0 fully saturated rings. The predicted octanol–water partition coefficient (Wildman–Crippen LogP) is 2.67. The minimum absolute atomic E-state index is 0.500. The van der Waals surface area contributed by atoms with Gasteiger partial charge in [-0.3, -0.25) is 4.79 Å². The molecule has 1 aromatic rings. The molecule has 0 radical (unpaired) electrons. The van der Waals surface area contributed by atoms with Crippen molar-refractivity contribution in [1.29, 1.82) is 0 Å². The molecule has 1 N–H and O–H groups in total. The number of rotatable bonds is 4. The van der Waals surface area contributed by atoms with E-state index >= 15 is 0 Å². The maximum absolute atomic E-state index is 12.7. The maximum Gasteiger partial charge on any atom is 0.418 e. The minimum atomic E-state index is -5.13. The molecule has 0 atom stereocenters. The highest BCUT2D eigenvalue weighted by Gasteiger charge is 2.40. The molecule has 0 unspecified atom stereocenters. The Morgan fingerprint density at radius 2 is 2.05 bits per heavy atom. The van der Waals surface area contributed by atoms with Crippen LogP contribution in [0.15, 0.2) is 6.07 Å². The van der Waals surface area contributed by atoms with Crippen LogP contribution in [0.3, 0.4) is 0 Å². The van der Waals surface area contributed by atoms with Crippen LogP contribution in [0.1, 0.15) is 23.2 Å². The number of halogens is 5. The monoisotopic (exact) mass is 285 g/mol. The first-order valence-corrected chi connectivity index (χ1v) is 4.81. The van der Waals surface area contributed by atoms with Crippen LogP contribution in [-0.2, 0) is 17.4 Å². The van der Waals surface area contributed by atoms with Crippen molar-refractivity contribution in [3.05, 3.63) is 22.9 Å². The van der Waals surface area contributed by atoms with E-state index in [-0.39, 0.29) is 0 Å². The van der Waals surface area contributed by atoms with Gasteiger partial charge in [0.05, 0.1) is 19.1 Å². The number of pyridine rings is 1. The number of hydrogen-bond acceptors (Lipinski definition) is 3. The van der Waals surface area contributed by atoms with Crippen LogP contribution < -0.4 is 4.74 Å². The summed E-state index contributed by atoms with van der Waals surface area (Å²) < 4.78 is 68.0. The first-order chi connectivity index (χ1) is 8.66. The Morgan fingerprint density at radius 3 is 2.42 bits per heavy atom. The third-order valence-corrected chi connectivity index (χ3v) is 2.15. The third-order valence-electron chi connectivity index (χ3n) is 2.15. The maximum atomic E-state index is 12.7. The van der Waals surface area contributed by atoms with Gasteiger partial charge in [0.15, 0.2) is 0 Å². The first-order valence-electron chi connectivity index (χ1n) is 4.81. The predicted molar refractivity (Wildman–Crippen MR) is 52.1 cm³/mol. The Morgan fingerprint density at radius 1 is 1.47 bits per heavy atom. The van der Waals surface area contributed by atoms with Gasteiger partial charge in [0.25, 0.3) is 6.43 Å². The summed E-state index contributed by atoms with van der Waals surface area (Å²) >= 11 is 0. The number of aromatic nitrogens is 1. The molecule has 0 amide bonds. The average Bonchev–Trinajstić information content (AvgIpc) is 2.25. The molecule has 0 saturated carbocycles. The zero-order valence-corrected chi connectivity index (χ0v) is 9.46. The molecular formula is C10H8F5NO3. The molecule has 0 spiro atoms. The molecule has 0 aliphatic heterocycles. The number of aliphatic carboxylic acids is 1. The molecule has 1 aromatic heterocycles. The van der Waals surface area contributed by atoms with Crippen molar-refractivity contribution in [1.82, 2.24) is 4.98 Å². The number of alkyl halides is 5. The number of nitrogens with zero attached hydrogens (tertiary/aromatic N) is 1. The van der Waals surface area contributed by atoms with Crippen LogP contribution in [-0.4, -0.2) is 23.2 Å². The molecule has 0 aromatic carbocycles. The molecule has 106 valence electrons. The fraction of sp³-hybridized carbons (Fsp3) is 0.400. The summed E-state index contributed by atoms with van der Waals surface area (Å²) in [5, 5.41) is 8.53. The fourth-order valence-corrected chi connectivity index (χ4v) is 1.48. The van der Waals surface area contributed by atoms with Crippen LogP contribution in [0.4, 0.5) is 22.0 Å². The second-order valence-corrected chi connectivity index (χ2v) is 3.45. The highest BCUT2D eigenvalue weighted by Crippen LogP contribution is 2.39. The number of carboxylic acid groups (broad SMARTS) is 1. The van der Waals surface area contributed by atoms with Gasteiger partial charge in [0.2, 0.25) is 5.88 Å². The van der Waals surface area contributed by atoms with E-state index in [1.807, 2.05) is 0 Å². The van der Waals surface area contributed by atoms with Crippen molar-refractivity contribution in [2.75, 3.05) is 7.11 Å². The lowest BCUT2D eigenvalue weighted by Crippen LogP contribution is -2.17. The molecule has 1 rings (SSSR count). The smallest absolute Gasteiger partial charge is 0.418 e. The summed E-state index contributed by atoms with van der Waals surface area (Å²) in [7, 11) is 1.02. The van der Waals surface area contributed by atoms with Gasteiger partial charge in [-0.05, 0) is 5.56 Å². The topological polar surface area (TPSA) is 59.4 Å². The summed E-state index contributed by atoms with van der Waals surface area (Å²) in [6.07, 6.45) is -9.69. The largest absolute Gasteiger partial charge is 0.481 e. The van der Waals surface area contributed by atoms with Crippen LogP contribution in [0.2, 0.25) is 0 Å². The lowest BCUT2D eigenvalue weighted by Gasteiger charge is -2.16. The molecule has 0 saturated heterocycles. The quantitative estimate of drug-likeness (QED) is 0.864. The second kappa shape index (κ2) is 5.37. The first kappa shape index (κ1) is 15.1. The van der Waals surface area contributed by atoms with Crippen molar-refractivity contribution in [3.63, 3.8) is 0 Å². The SMILES string of the molecule is COc1cc(CC(=O)O)c(C(F)(F)F)c(C(F)F)n1. The molecule has 19 heavy (non-hydrogen) atoms. The molecule has 4 nitrogen and oxygen atoms in total. The lowest BCUT2D eigenvalue weighted by molar-refractivity contribution is -0.141. The molecule has 1 heterocycles. The zero-order chi connectivity index (χ0) is 14.8. The van der Waals surface area contributed by atoms with E-state index in [2.05, 4.69) is 9.72 Å². The van der Waals surface area contributed by atoms with Gasteiger partial charge in [-0.15, -0.1) is 0 Å². The lowest BCUT2D eigenvalue weighted by atomic mass is 10.0. The normalized spacial score (nSPS) is 11.7. The Balaban J connectivity index is 3.56. The van der Waals surface area contributed by atoms with Crippen LogP contribution in [0, 0.1) is 0 Å². The fourth-order valence-electron chi connectivity index (χ4n) is 1.48. The standard InChI is InChI=1S/C10H8F5NO3/c1-19-5-2-4(3-6(17)18)7(10(13,14)15)8(16-5)9(11)12/h2,9H,3H2,1H3,(H,17,18). The number of ether oxygens (including phenoxy) is 1. The van der Waals surface area contributed by atoms with E-state index in [1.165, 1.54) is 0 Å². The van der Waals surface area contributed by atoms with Crippen LogP contribution in [0.5, 0.6) is 5.88 Å². The highest BCUT2D eigenvalue weighted by atomic mass is 19.4. The van der Waals surface area contributed by atoms with Gasteiger partial charge in [-0.2, -0.15) is 13.2 Å². The summed E-state index contributed by atoms with van der Waals surface area (Å²) in [4.78, 5) is 13.6. The van der Waals surface area contributed by atoms with E-state index in [4.69, 9.17) is 5.11 Å². The van der Waals surface area contributed by atoms with Gasteiger partial charge in [0, 0.05) is 6.07 Å². The number of carbonyl (C=O) groups is 1. The summed E-state index contributed by atoms with van der Waals surface area (Å²) in [6.45, 7) is 0. The Labute approximate surface area is 103 Å². The van der Waals surface area contributed by atoms with Gasteiger partial charge in [-0.25, -0.2) is 13.8 Å². The van der Waals surface area contributed by atoms with Crippen LogP contribution >= 0.6 is 0 Å². The minimum Gasteiger partial charge on any atom is -0.481 e. The van der Waals surface area contributed by atoms with Gasteiger partial charge >= 0.3 is 12.1 Å². The van der Waals surface area contributed by atoms with Crippen molar-refractivity contribution in [2.45, 2.75) is 19.0 Å². The average molecular weight is 285 g/mol. The Bertz CT molecular complexity index is 487. The van der Waals surface area contributed by atoms with E-state index in [9.17, 15) is 26.7 Å². The number of hydrogen-bond donors (Lipinski definition) is 1. The molecule has 0 aliphatic rings. The highest BCUT2D eigenvalue weighted by molar-refractivity contribution is 5.71. The number of carboxylic acids is 1. The summed E-state index contributed by atoms with van der Waals surface area (Å²) in [5.41, 5.74) is -4.09. The van der Waals surface area contributed by atoms with Crippen molar-refractivity contribution in [2.24, 2.45) is 0 Å². The summed E-state index contributed by atoms with van der Waals surface area (Å²) in [5.74, 6) is -2.08. The van der Waals surface area contributed by atoms with Crippen molar-refractivity contribution >= 4 is 5.97 Å². The Hall–Kier alpha value is -1.93. The van der Waals surface area contributed by atoms with Crippen molar-refractivity contribution < 1.29 is 36.6 Å². The number of methoxy groups -OCH3 is 1. The van der Waals surface area contributed by atoms with E-state index in [0.29, 0.717) is 6.07 Å². The molecule has 0 aliphatic carbocycles. The zero-order valence-electron chi connectivity index (χ0n) is 9.46. The molecule has 0 bridgehead atoms. The Kier molecular flexibility index (Phi) is 4.28. The second-order valence-electron chi connectivity index (χ2n) is 3.45. The third kappa shape index (κ3) is 3.52. The molecule has 9 heteroatoms. The van der Waals surface area contributed by atoms with E-state index in [1.54, 1.807) is 0 Å². The van der Waals surface area contributed by atoms with Crippen molar-refractivity contribution in [3.8, 4) is 5.88 Å². The van der Waals surface area contributed by atoms with Crippen LogP contribution in [0.25, 0.3) is 0 Å². The van der Waals surface area contributed by atoms with E-state index < -0.39 is 47.7 Å². The molecular weight excluding hydrogens is 277 g/mol. The summed E-state index contributed by atoms with van der Waals surface area (Å²) in [6, 6.07) is 0.683.